The van der Waals surface area contributed by atoms with Crippen molar-refractivity contribution < 1.29 is 0 Å². The zero-order valence-electron chi connectivity index (χ0n) is 7.11. The van der Waals surface area contributed by atoms with Crippen LogP contribution in [0.2, 0.25) is 0 Å². The Morgan fingerprint density at radius 3 is 1.62 bits per heavy atom. The lowest BCUT2D eigenvalue weighted by molar-refractivity contribution is 0.374. The maximum absolute atomic E-state index is 8.30. The van der Waals surface area contributed by atoms with Gasteiger partial charge in [-0.25, -0.2) is 0 Å². The summed E-state index contributed by atoms with van der Waals surface area (Å²) < 4.78 is 0. The molecule has 68 valence electrons. The van der Waals surface area contributed by atoms with Crippen LogP contribution >= 0.6 is 0 Å². The predicted octanol–water partition coefficient (Wildman–Crippen LogP) is 2.77. The van der Waals surface area contributed by atoms with Gasteiger partial charge >= 0.3 is 0 Å². The van der Waals surface area contributed by atoms with Crippen LogP contribution in [0, 0.1) is 11.8 Å². The number of azide groups is 2. The molecule has 6 nitrogen and oxygen atoms in total. The first kappa shape index (κ1) is 8.23. The maximum Gasteiger partial charge on any atom is 0.0405 e. The van der Waals surface area contributed by atoms with Crippen molar-refractivity contribution in [3.05, 3.63) is 20.9 Å². The quantitative estimate of drug-likeness (QED) is 0.353. The molecule has 0 aliphatic heterocycles. The Morgan fingerprint density at radius 2 is 1.31 bits per heavy atom. The highest BCUT2D eigenvalue weighted by molar-refractivity contribution is 5.01. The first-order valence-electron chi connectivity index (χ1n) is 4.43. The van der Waals surface area contributed by atoms with E-state index in [2.05, 4.69) is 20.1 Å². The third-order valence-corrected chi connectivity index (χ3v) is 3.18. The van der Waals surface area contributed by atoms with Gasteiger partial charge in [-0.2, -0.15) is 0 Å². The van der Waals surface area contributed by atoms with Crippen LogP contribution in [0.25, 0.3) is 20.9 Å². The van der Waals surface area contributed by atoms with Gasteiger partial charge in [0.2, 0.25) is 0 Å². The van der Waals surface area contributed by atoms with Gasteiger partial charge in [-0.05, 0) is 42.2 Å². The zero-order chi connectivity index (χ0) is 9.26. The Bertz CT molecular complexity index is 270. The third-order valence-electron chi connectivity index (χ3n) is 3.18. The van der Waals surface area contributed by atoms with Gasteiger partial charge in [0.15, 0.2) is 0 Å². The summed E-state index contributed by atoms with van der Waals surface area (Å²) in [6.07, 6.45) is 2.87. The molecule has 0 amide bonds. The summed E-state index contributed by atoms with van der Waals surface area (Å²) >= 11 is 0. The minimum atomic E-state index is 0.153. The number of nitrogens with zero attached hydrogens (tertiary/aromatic N) is 6. The molecule has 0 unspecified atom stereocenters. The van der Waals surface area contributed by atoms with Crippen LogP contribution in [0.5, 0.6) is 0 Å². The minimum Gasteiger partial charge on any atom is -0.0903 e. The Labute approximate surface area is 75.2 Å². The second-order valence-electron chi connectivity index (χ2n) is 3.77. The molecular formula is C7H10N6. The Balaban J connectivity index is 2.06. The molecule has 0 aromatic carbocycles. The maximum atomic E-state index is 8.30. The molecule has 0 saturated heterocycles. The topological polar surface area (TPSA) is 97.5 Å². The van der Waals surface area contributed by atoms with E-state index in [9.17, 15) is 0 Å². The lowest BCUT2D eigenvalue weighted by Crippen LogP contribution is -2.22. The largest absolute Gasteiger partial charge is 0.0903 e. The van der Waals surface area contributed by atoms with E-state index in [0.717, 1.165) is 19.3 Å². The molecule has 2 fully saturated rings. The zero-order valence-corrected chi connectivity index (χ0v) is 7.11. The van der Waals surface area contributed by atoms with Gasteiger partial charge in [-0.1, -0.05) is 10.2 Å². The van der Waals surface area contributed by atoms with Gasteiger partial charge in [0.25, 0.3) is 0 Å². The van der Waals surface area contributed by atoms with E-state index < -0.39 is 0 Å². The van der Waals surface area contributed by atoms with Crippen molar-refractivity contribution in [2.45, 2.75) is 31.3 Å². The van der Waals surface area contributed by atoms with Crippen molar-refractivity contribution in [3.63, 3.8) is 0 Å². The molecule has 0 spiro atoms. The molecule has 0 radical (unpaired) electrons. The Morgan fingerprint density at radius 1 is 0.846 bits per heavy atom. The molecule has 6 heteroatoms. The summed E-state index contributed by atoms with van der Waals surface area (Å²) in [6.45, 7) is 0. The van der Waals surface area contributed by atoms with Crippen LogP contribution < -0.4 is 0 Å². The van der Waals surface area contributed by atoms with Crippen molar-refractivity contribution in [2.75, 3.05) is 0 Å². The Hall–Kier alpha value is -1.38. The lowest BCUT2D eigenvalue weighted by atomic mass is 9.92. The minimum absolute atomic E-state index is 0.153. The average molecular weight is 178 g/mol. The van der Waals surface area contributed by atoms with Crippen molar-refractivity contribution in [1.82, 2.24) is 0 Å². The van der Waals surface area contributed by atoms with E-state index >= 15 is 0 Å². The van der Waals surface area contributed by atoms with Crippen LogP contribution in [0.1, 0.15) is 19.3 Å². The molecule has 13 heavy (non-hydrogen) atoms. The van der Waals surface area contributed by atoms with Gasteiger partial charge in [-0.15, -0.1) is 0 Å². The second-order valence-corrected chi connectivity index (χ2v) is 3.77. The summed E-state index contributed by atoms with van der Waals surface area (Å²) in [5, 5.41) is 7.49. The van der Waals surface area contributed by atoms with Crippen LogP contribution in [0.4, 0.5) is 0 Å². The van der Waals surface area contributed by atoms with Gasteiger partial charge in [0.1, 0.15) is 0 Å². The first-order valence-corrected chi connectivity index (χ1v) is 4.43. The van der Waals surface area contributed by atoms with E-state index in [-0.39, 0.29) is 12.1 Å². The van der Waals surface area contributed by atoms with Crippen LogP contribution in [-0.2, 0) is 0 Å². The molecule has 0 heterocycles. The lowest BCUT2D eigenvalue weighted by Gasteiger charge is -2.21. The SMILES string of the molecule is [N-]=[N+]=N[C@H]1C[C@H]2C[C@@H]1C[C@@H]2N=[N+]=[N-]. The number of hydrogen-bond donors (Lipinski definition) is 0. The molecule has 4 atom stereocenters. The highest BCUT2D eigenvalue weighted by Crippen LogP contribution is 2.47. The van der Waals surface area contributed by atoms with Gasteiger partial charge in [0, 0.05) is 21.9 Å². The van der Waals surface area contributed by atoms with Crippen LogP contribution in [-0.4, -0.2) is 12.1 Å². The van der Waals surface area contributed by atoms with Crippen molar-refractivity contribution in [2.24, 2.45) is 22.1 Å². The molecule has 2 saturated carbocycles. The van der Waals surface area contributed by atoms with E-state index in [1.165, 1.54) is 0 Å². The predicted molar refractivity (Wildman–Crippen MR) is 46.7 cm³/mol. The summed E-state index contributed by atoms with van der Waals surface area (Å²) in [7, 11) is 0. The summed E-state index contributed by atoms with van der Waals surface area (Å²) in [5.41, 5.74) is 16.6. The monoisotopic (exact) mass is 178 g/mol. The van der Waals surface area contributed by atoms with Crippen molar-refractivity contribution in [3.8, 4) is 0 Å². The van der Waals surface area contributed by atoms with Crippen LogP contribution in [0.3, 0.4) is 0 Å². The second kappa shape index (κ2) is 3.17. The highest BCUT2D eigenvalue weighted by atomic mass is 15.2. The van der Waals surface area contributed by atoms with Crippen molar-refractivity contribution >= 4 is 0 Å². The van der Waals surface area contributed by atoms with Gasteiger partial charge in [0.05, 0.1) is 0 Å². The molecule has 2 rings (SSSR count). The number of fused-ring (bicyclic) bond motifs is 2. The van der Waals surface area contributed by atoms with E-state index in [1.54, 1.807) is 0 Å². The first-order chi connectivity index (χ1) is 6.35. The summed E-state index contributed by atoms with van der Waals surface area (Å²) in [6, 6.07) is 0.306. The fourth-order valence-electron chi connectivity index (χ4n) is 2.63. The molecule has 2 aliphatic carbocycles. The fraction of sp³-hybridized carbons (Fsp3) is 1.00. The van der Waals surface area contributed by atoms with Gasteiger partial charge in [-0.3, -0.25) is 0 Å². The standard InChI is InChI=1S/C7H10N6/c8-12-10-6-2-4-1-5(6)3-7(4)11-13-9/h4-7H,1-3H2/t4-,5-,6+,7+/m1/s1. The Kier molecular flexibility index (Phi) is 2.00. The number of rotatable bonds is 2. The smallest absolute Gasteiger partial charge is 0.0405 e. The average Bonchev–Trinajstić information content (AvgIpc) is 2.65. The van der Waals surface area contributed by atoms with Gasteiger partial charge < -0.3 is 0 Å². The molecular weight excluding hydrogens is 168 g/mol. The molecule has 0 aromatic rings. The normalized spacial score (nSPS) is 40.9. The third kappa shape index (κ3) is 1.30. The molecule has 0 N–H and O–H groups in total. The van der Waals surface area contributed by atoms with Crippen molar-refractivity contribution in [1.29, 1.82) is 0 Å². The number of hydrogen-bond acceptors (Lipinski definition) is 2. The van der Waals surface area contributed by atoms with Crippen LogP contribution in [0.15, 0.2) is 10.2 Å². The van der Waals surface area contributed by atoms with E-state index in [0.29, 0.717) is 11.8 Å². The molecule has 2 aliphatic rings. The highest BCUT2D eigenvalue weighted by Gasteiger charge is 2.44. The van der Waals surface area contributed by atoms with E-state index in [1.807, 2.05) is 0 Å². The fourth-order valence-corrected chi connectivity index (χ4v) is 2.63. The summed E-state index contributed by atoms with van der Waals surface area (Å²) in [4.78, 5) is 5.66. The molecule has 2 bridgehead atoms. The summed E-state index contributed by atoms with van der Waals surface area (Å²) in [5.74, 6) is 0.910. The molecule has 0 aromatic heterocycles. The van der Waals surface area contributed by atoms with E-state index in [4.69, 9.17) is 11.1 Å².